The molecule has 1 aromatic carbocycles. The lowest BCUT2D eigenvalue weighted by Crippen LogP contribution is -2.89. The SMILES string of the molecule is COc1ccc([C@@H]2[C@]3(C#N)C(N)=[NH+]C4(OCCO4)[C@]23C#N)cc1OC. The van der Waals surface area contributed by atoms with Gasteiger partial charge in [0.1, 0.15) is 0 Å². The molecule has 0 unspecified atom stereocenters. The lowest BCUT2D eigenvalue weighted by atomic mass is 9.94. The molecule has 1 aliphatic carbocycles. The second kappa shape index (κ2) is 4.85. The predicted molar refractivity (Wildman–Crippen MR) is 83.2 cm³/mol. The van der Waals surface area contributed by atoms with Gasteiger partial charge in [0.25, 0.3) is 5.84 Å². The molecule has 8 nitrogen and oxygen atoms in total. The molecule has 0 radical (unpaired) electrons. The Morgan fingerprint density at radius 3 is 2.40 bits per heavy atom. The van der Waals surface area contributed by atoms with Crippen LogP contribution in [0.5, 0.6) is 11.5 Å². The molecule has 1 saturated carbocycles. The topological polar surface area (TPSA) is 124 Å². The zero-order valence-electron chi connectivity index (χ0n) is 13.8. The van der Waals surface area contributed by atoms with E-state index in [2.05, 4.69) is 17.1 Å². The number of nitriles is 2. The van der Waals surface area contributed by atoms with Crippen molar-refractivity contribution in [1.29, 1.82) is 10.5 Å². The predicted octanol–water partition coefficient (Wildman–Crippen LogP) is -1.03. The van der Waals surface area contributed by atoms with Gasteiger partial charge >= 0.3 is 5.91 Å². The minimum Gasteiger partial charge on any atom is -0.493 e. The van der Waals surface area contributed by atoms with E-state index in [4.69, 9.17) is 24.7 Å². The summed E-state index contributed by atoms with van der Waals surface area (Å²) in [6, 6.07) is 9.82. The molecule has 0 bridgehead atoms. The number of nitrogens with zero attached hydrogens (tertiary/aromatic N) is 2. The molecule has 25 heavy (non-hydrogen) atoms. The quantitative estimate of drug-likeness (QED) is 0.720. The molecule has 3 N–H and O–H groups in total. The number of nitrogens with two attached hydrogens (primary N) is 1. The van der Waals surface area contributed by atoms with Gasteiger partial charge in [-0.15, -0.1) is 0 Å². The fourth-order valence-corrected chi connectivity index (χ4v) is 4.35. The van der Waals surface area contributed by atoms with Crippen LogP contribution in [0, 0.1) is 33.5 Å². The lowest BCUT2D eigenvalue weighted by Gasteiger charge is -2.23. The lowest BCUT2D eigenvalue weighted by molar-refractivity contribution is -0.676. The first-order valence-electron chi connectivity index (χ1n) is 7.80. The van der Waals surface area contributed by atoms with Crippen molar-refractivity contribution < 1.29 is 23.9 Å². The summed E-state index contributed by atoms with van der Waals surface area (Å²) < 4.78 is 22.1. The van der Waals surface area contributed by atoms with Crippen LogP contribution >= 0.6 is 0 Å². The monoisotopic (exact) mass is 341 g/mol. The number of benzene rings is 1. The molecule has 3 atom stereocenters. The van der Waals surface area contributed by atoms with Crippen LogP contribution in [-0.2, 0) is 9.47 Å². The van der Waals surface area contributed by atoms with Gasteiger partial charge in [0, 0.05) is 5.92 Å². The molecule has 2 aliphatic heterocycles. The Balaban J connectivity index is 1.89. The summed E-state index contributed by atoms with van der Waals surface area (Å²) in [4.78, 5) is 2.91. The van der Waals surface area contributed by atoms with Gasteiger partial charge in [-0.1, -0.05) is 6.07 Å². The average molecular weight is 341 g/mol. The van der Waals surface area contributed by atoms with E-state index in [0.717, 1.165) is 5.56 Å². The fourth-order valence-electron chi connectivity index (χ4n) is 4.35. The van der Waals surface area contributed by atoms with Crippen molar-refractivity contribution in [2.45, 2.75) is 11.8 Å². The summed E-state index contributed by atoms with van der Waals surface area (Å²) >= 11 is 0. The summed E-state index contributed by atoms with van der Waals surface area (Å²) in [7, 11) is 3.07. The van der Waals surface area contributed by atoms with Crippen molar-refractivity contribution in [3.63, 3.8) is 0 Å². The number of nitrogens with one attached hydrogen (secondary N) is 1. The summed E-state index contributed by atoms with van der Waals surface area (Å²) in [6.07, 6.45) is 0. The van der Waals surface area contributed by atoms with Crippen molar-refractivity contribution in [2.24, 2.45) is 16.6 Å². The van der Waals surface area contributed by atoms with Crippen LogP contribution in [0.2, 0.25) is 0 Å². The molecule has 0 amide bonds. The standard InChI is InChI=1S/C17H16N4O4/c1-22-11-4-3-10(7-12(11)23-2)13-15(8-18)14(20)21-17(16(13,15)9-19)24-5-6-25-17/h3-4,7,13H,5-6H2,1-2H3,(H2,20,21)/p+1/t13-,15-,16-/m1/s1. The Morgan fingerprint density at radius 2 is 1.84 bits per heavy atom. The Labute approximate surface area is 144 Å². The van der Waals surface area contributed by atoms with Gasteiger partial charge in [-0.25, -0.2) is 4.99 Å². The molecule has 1 spiro atoms. The van der Waals surface area contributed by atoms with E-state index in [9.17, 15) is 10.5 Å². The molecule has 2 fully saturated rings. The molecule has 3 aliphatic rings. The third-order valence-corrected chi connectivity index (χ3v) is 5.44. The first-order chi connectivity index (χ1) is 12.1. The smallest absolute Gasteiger partial charge is 0.343 e. The average Bonchev–Trinajstić information content (AvgIpc) is 2.89. The van der Waals surface area contributed by atoms with Gasteiger partial charge in [-0.3, -0.25) is 5.73 Å². The number of hydrogen-bond acceptors (Lipinski definition) is 7. The summed E-state index contributed by atoms with van der Waals surface area (Å²) in [5.41, 5.74) is 4.39. The van der Waals surface area contributed by atoms with Gasteiger partial charge in [0.15, 0.2) is 22.3 Å². The van der Waals surface area contributed by atoms with Crippen LogP contribution in [-0.4, -0.2) is 39.2 Å². The molecule has 8 heteroatoms. The largest absolute Gasteiger partial charge is 0.493 e. The summed E-state index contributed by atoms with van der Waals surface area (Å²) in [6.45, 7) is 0.647. The second-order valence-electron chi connectivity index (χ2n) is 6.24. The number of rotatable bonds is 3. The highest BCUT2D eigenvalue weighted by molar-refractivity contribution is 5.95. The summed E-state index contributed by atoms with van der Waals surface area (Å²) in [5.74, 6) is -0.640. The Kier molecular flexibility index (Phi) is 3.05. The second-order valence-corrected chi connectivity index (χ2v) is 6.24. The van der Waals surface area contributed by atoms with Crippen LogP contribution < -0.4 is 20.2 Å². The molecular formula is C17H17N4O4+. The molecule has 0 aromatic heterocycles. The number of amidine groups is 1. The van der Waals surface area contributed by atoms with Gasteiger partial charge in [0.05, 0.1) is 39.6 Å². The highest BCUT2D eigenvalue weighted by atomic mass is 16.8. The third kappa shape index (κ3) is 1.50. The van der Waals surface area contributed by atoms with E-state index in [1.165, 1.54) is 7.11 Å². The molecule has 128 valence electrons. The van der Waals surface area contributed by atoms with Crippen LogP contribution in [0.3, 0.4) is 0 Å². The number of fused-ring (bicyclic) bond motifs is 2. The van der Waals surface area contributed by atoms with Gasteiger partial charge in [-0.2, -0.15) is 10.5 Å². The van der Waals surface area contributed by atoms with E-state index >= 15 is 0 Å². The fraction of sp³-hybridized carbons (Fsp3) is 0.471. The minimum atomic E-state index is -1.40. The van der Waals surface area contributed by atoms with Crippen molar-refractivity contribution in [1.82, 2.24) is 0 Å². The molecule has 1 aromatic rings. The highest BCUT2D eigenvalue weighted by Gasteiger charge is 2.97. The normalized spacial score (nSPS) is 33.9. The summed E-state index contributed by atoms with van der Waals surface area (Å²) in [5, 5.41) is 20.0. The van der Waals surface area contributed by atoms with E-state index in [-0.39, 0.29) is 5.84 Å². The zero-order chi connectivity index (χ0) is 17.9. The maximum Gasteiger partial charge on any atom is 0.343 e. The Hall–Kier alpha value is -2.81. The van der Waals surface area contributed by atoms with Crippen LogP contribution in [0.1, 0.15) is 11.5 Å². The molecule has 4 rings (SSSR count). The third-order valence-electron chi connectivity index (χ3n) is 5.44. The molecular weight excluding hydrogens is 324 g/mol. The van der Waals surface area contributed by atoms with Crippen LogP contribution in [0.4, 0.5) is 0 Å². The van der Waals surface area contributed by atoms with E-state index in [0.29, 0.717) is 24.7 Å². The maximum atomic E-state index is 10.0. The molecule has 2 heterocycles. The number of hydrogen-bond donors (Lipinski definition) is 2. The number of ether oxygens (including phenoxy) is 4. The molecule has 1 saturated heterocycles. The van der Waals surface area contributed by atoms with Crippen molar-refractivity contribution in [3.8, 4) is 23.6 Å². The van der Waals surface area contributed by atoms with Crippen molar-refractivity contribution in [3.05, 3.63) is 23.8 Å². The van der Waals surface area contributed by atoms with Crippen LogP contribution in [0.15, 0.2) is 18.2 Å². The highest BCUT2D eigenvalue weighted by Crippen LogP contribution is 2.79. The van der Waals surface area contributed by atoms with Crippen molar-refractivity contribution in [2.75, 3.05) is 27.4 Å². The van der Waals surface area contributed by atoms with E-state index < -0.39 is 22.7 Å². The minimum absolute atomic E-state index is 0.193. The Bertz CT molecular complexity index is 864. The van der Waals surface area contributed by atoms with Gasteiger partial charge in [0.2, 0.25) is 0 Å². The van der Waals surface area contributed by atoms with E-state index in [1.54, 1.807) is 25.3 Å². The zero-order valence-corrected chi connectivity index (χ0v) is 13.8. The maximum absolute atomic E-state index is 10.0. The first kappa shape index (κ1) is 15.7. The van der Waals surface area contributed by atoms with Crippen LogP contribution in [0.25, 0.3) is 0 Å². The number of methoxy groups -OCH3 is 2. The van der Waals surface area contributed by atoms with Gasteiger partial charge in [-0.05, 0) is 17.7 Å². The van der Waals surface area contributed by atoms with Gasteiger partial charge < -0.3 is 18.9 Å². The van der Waals surface area contributed by atoms with Crippen molar-refractivity contribution >= 4 is 5.84 Å². The van der Waals surface area contributed by atoms with E-state index in [1.807, 2.05) is 0 Å². The Morgan fingerprint density at radius 1 is 1.16 bits per heavy atom. The first-order valence-corrected chi connectivity index (χ1v) is 7.80.